The van der Waals surface area contributed by atoms with E-state index in [2.05, 4.69) is 130 Å². The zero-order valence-corrected chi connectivity index (χ0v) is 82.6. The molecular formula is C117H111F4N17O7. The molecule has 16 aromatic rings. The highest BCUT2D eigenvalue weighted by Gasteiger charge is 2.41. The Morgan fingerprint density at radius 1 is 0.303 bits per heavy atom. The van der Waals surface area contributed by atoms with Crippen LogP contribution in [0.25, 0.3) is 62.6 Å². The lowest BCUT2D eigenvalue weighted by Crippen LogP contribution is -2.34. The predicted molar refractivity (Wildman–Crippen MR) is 553 cm³/mol. The van der Waals surface area contributed by atoms with Gasteiger partial charge in [-0.2, -0.15) is 5.10 Å². The zero-order valence-electron chi connectivity index (χ0n) is 82.6. The maximum Gasteiger partial charge on any atom is 0.233 e. The van der Waals surface area contributed by atoms with Crippen molar-refractivity contribution in [2.24, 2.45) is 0 Å². The van der Waals surface area contributed by atoms with Crippen LogP contribution in [0.5, 0.6) is 0 Å². The topological polar surface area (TPSA) is 289 Å². The summed E-state index contributed by atoms with van der Waals surface area (Å²) in [5, 5.41) is 24.1. The maximum absolute atomic E-state index is 14.7. The average molecular weight is 1940 g/mol. The summed E-state index contributed by atoms with van der Waals surface area (Å²) in [7, 11) is 0. The summed E-state index contributed by atoms with van der Waals surface area (Å²) in [6.07, 6.45) is 13.2. The van der Waals surface area contributed by atoms with Gasteiger partial charge in [-0.05, 0) is 154 Å². The van der Waals surface area contributed by atoms with Crippen molar-refractivity contribution in [2.45, 2.75) is 175 Å². The second-order valence-corrected chi connectivity index (χ2v) is 37.9. The molecule has 734 valence electrons. The molecule has 2 N–H and O–H groups in total. The number of aromatic nitrogens is 12. The predicted octanol–water partition coefficient (Wildman–Crippen LogP) is 22.7. The van der Waals surface area contributed by atoms with E-state index < -0.39 is 17.9 Å². The number of nitrogens with zero attached hydrogens (tertiary/aromatic N) is 17. The molecule has 4 atom stereocenters. The van der Waals surface area contributed by atoms with E-state index in [1.165, 1.54) is 68.7 Å². The molecule has 24 nitrogen and oxygen atoms in total. The summed E-state index contributed by atoms with van der Waals surface area (Å²) >= 11 is 0. The van der Waals surface area contributed by atoms with E-state index in [0.29, 0.717) is 105 Å². The highest BCUT2D eigenvalue weighted by molar-refractivity contribution is 6.04. The molecule has 0 aliphatic carbocycles. The number of halogens is 4. The van der Waals surface area contributed by atoms with Gasteiger partial charge in [-0.1, -0.05) is 263 Å². The minimum atomic E-state index is -0.632. The number of aliphatic hydroxyl groups excluding tert-OH is 2. The molecule has 0 saturated heterocycles. The second kappa shape index (κ2) is 44.1. The van der Waals surface area contributed by atoms with Crippen molar-refractivity contribution in [3.8, 4) is 62.6 Å². The number of hydrogen-bond donors (Lipinski definition) is 2. The first-order chi connectivity index (χ1) is 70.0. The lowest BCUT2D eigenvalue weighted by molar-refractivity contribution is -0.118. The maximum atomic E-state index is 14.7. The van der Waals surface area contributed by atoms with Gasteiger partial charge in [-0.3, -0.25) is 48.5 Å². The number of amides is 5. The van der Waals surface area contributed by atoms with Crippen LogP contribution in [0.3, 0.4) is 0 Å². The number of fused-ring (bicyclic) bond motifs is 5. The van der Waals surface area contributed by atoms with Gasteiger partial charge in [0.05, 0.1) is 76.0 Å². The molecule has 145 heavy (non-hydrogen) atoms. The number of rotatable bonds is 23. The van der Waals surface area contributed by atoms with Gasteiger partial charge in [0.15, 0.2) is 29.1 Å². The lowest BCUT2D eigenvalue weighted by atomic mass is 9.97. The van der Waals surface area contributed by atoms with Crippen molar-refractivity contribution in [2.75, 3.05) is 37.7 Å². The van der Waals surface area contributed by atoms with Gasteiger partial charge in [0.2, 0.25) is 29.5 Å². The van der Waals surface area contributed by atoms with Crippen LogP contribution < -0.4 is 24.5 Å². The van der Waals surface area contributed by atoms with Gasteiger partial charge in [0.25, 0.3) is 0 Å². The van der Waals surface area contributed by atoms with Crippen molar-refractivity contribution in [3.05, 3.63) is 399 Å². The lowest BCUT2D eigenvalue weighted by Gasteiger charge is -2.27. The molecular weight excluding hydrogens is 1830 g/mol. The first-order valence-corrected chi connectivity index (χ1v) is 48.7. The Bertz CT molecular complexity index is 7270. The molecule has 6 aromatic heterocycles. The Balaban J connectivity index is 0.000000124. The third-order valence-corrected chi connectivity index (χ3v) is 26.6. The normalized spacial score (nSPS) is 14.1. The fraction of sp³-hybridized carbons (Fsp3) is 0.248. The van der Waals surface area contributed by atoms with Crippen LogP contribution in [0.1, 0.15) is 220 Å². The Kier molecular flexibility index (Phi) is 30.5. The number of carbonyl (C=O) groups excluding carboxylic acids is 5. The summed E-state index contributed by atoms with van der Waals surface area (Å²) in [5.74, 6) is 5.89. The fourth-order valence-corrected chi connectivity index (χ4v) is 19.0. The van der Waals surface area contributed by atoms with Crippen LogP contribution in [-0.4, -0.2) is 113 Å². The summed E-state index contributed by atoms with van der Waals surface area (Å²) < 4.78 is 56.1. The highest BCUT2D eigenvalue weighted by Crippen LogP contribution is 2.44. The van der Waals surface area contributed by atoms with Crippen molar-refractivity contribution < 1.29 is 51.7 Å². The average Bonchev–Trinajstić information content (AvgIpc) is 1.64. The number of carbonyl (C=O) groups is 5. The summed E-state index contributed by atoms with van der Waals surface area (Å²) in [6, 6.07) is 73.2. The van der Waals surface area contributed by atoms with Gasteiger partial charge in [-0.15, -0.1) is 0 Å². The van der Waals surface area contributed by atoms with E-state index in [4.69, 9.17) is 24.9 Å². The Hall–Kier alpha value is -16.2. The number of anilines is 5. The van der Waals surface area contributed by atoms with E-state index in [0.717, 1.165) is 83.5 Å². The van der Waals surface area contributed by atoms with E-state index in [1.54, 1.807) is 112 Å². The monoisotopic (exact) mass is 1940 g/mol. The molecule has 5 aliphatic rings. The van der Waals surface area contributed by atoms with Crippen LogP contribution in [0, 0.1) is 23.3 Å². The highest BCUT2D eigenvalue weighted by atomic mass is 19.1. The molecule has 0 bridgehead atoms. The standard InChI is InChI=1S/C25H22FN5O.C23H22FN3O2.2C23H22FN3O.C23H23N3O2/c1-16(2)19-6-3-4-7-20(19)24-27-14-18-13-23(32)30(25(18)29-24)15-17-8-9-22(21(26)12-17)31-11-5-10-28-31;1-14(2)18-5-3-4-6-19(18)22-25-12-16-11-21(29)27(23(16)26-22)20(13-28)15-7-9-17(24)10-8-15;2*1-14(2)19-6-4-5-7-20(19)22-25-13-17-12-21(28)27(23(17)26-22)15(3)16-8-10-18(24)11-9-16;1-15(2)18-10-6-7-11-19(18)22-24-13-17-12-21(28)26(23(17)25-22)20(14-27)16-8-4-3-5-9-16/h3-12,14,16H,13,15H2,1-2H3;3-10,12,14,20,28H,11,13H2,1-2H3;2*4-11,13-15H,12H2,1-3H3;3-11,13,15,20,27H,12,14H2,1-2H3/t;20-;2*15-;20-/m.1101/s1. The second-order valence-electron chi connectivity index (χ2n) is 37.9. The molecule has 5 amide bonds. The quantitative estimate of drug-likeness (QED) is 0.0563. The molecule has 0 unspecified atom stereocenters. The Labute approximate surface area is 839 Å². The minimum absolute atomic E-state index is 0.0181. The number of aliphatic hydroxyl groups is 2. The molecule has 5 aliphatic heterocycles. The van der Waals surface area contributed by atoms with Gasteiger partial charge in [0, 0.05) is 99.0 Å². The SMILES string of the molecule is CC(C)c1ccccc1-c1ncc2c(n1)N(Cc1ccc(-n3cccn3)c(F)c1)C(=O)C2.CC(C)c1ccccc1-c1ncc2c(n1)N([C@@H](C)c1ccc(F)cc1)C(=O)C2.CC(C)c1ccccc1-c1ncc2c(n1)N([C@H](C)c1ccc(F)cc1)C(=O)C2.CC(C)c1ccccc1-c1ncc2c(n1)N([C@H](CO)c1ccc(F)cc1)C(=O)C2.CC(C)c1ccccc1-c1ncc2c(n1)N([C@H](CO)c1ccccc1)C(=O)C2. The third-order valence-electron chi connectivity index (χ3n) is 26.6. The molecule has 0 fully saturated rings. The van der Waals surface area contributed by atoms with E-state index in [1.807, 2.05) is 141 Å². The largest absolute Gasteiger partial charge is 0.394 e. The number of benzene rings is 10. The van der Waals surface area contributed by atoms with Gasteiger partial charge in [0.1, 0.15) is 58.0 Å². The smallest absolute Gasteiger partial charge is 0.233 e. The molecule has 11 heterocycles. The van der Waals surface area contributed by atoms with Gasteiger partial charge >= 0.3 is 0 Å². The molecule has 0 spiro atoms. The molecule has 28 heteroatoms. The minimum Gasteiger partial charge on any atom is -0.394 e. The van der Waals surface area contributed by atoms with E-state index >= 15 is 0 Å². The summed E-state index contributed by atoms with van der Waals surface area (Å²) in [6.45, 7) is 24.9. The van der Waals surface area contributed by atoms with E-state index in [-0.39, 0.29) is 111 Å². The van der Waals surface area contributed by atoms with E-state index in [9.17, 15) is 51.7 Å². The van der Waals surface area contributed by atoms with Crippen molar-refractivity contribution in [1.82, 2.24) is 59.6 Å². The molecule has 0 saturated carbocycles. The van der Waals surface area contributed by atoms with Crippen LogP contribution in [0.15, 0.2) is 292 Å². The van der Waals surface area contributed by atoms with Crippen molar-refractivity contribution in [3.63, 3.8) is 0 Å². The summed E-state index contributed by atoms with van der Waals surface area (Å²) in [5.41, 5.74) is 18.9. The van der Waals surface area contributed by atoms with Gasteiger partial charge < -0.3 is 10.2 Å². The third kappa shape index (κ3) is 21.6. The van der Waals surface area contributed by atoms with Crippen molar-refractivity contribution in [1.29, 1.82) is 0 Å². The Morgan fingerprint density at radius 3 is 0.897 bits per heavy atom. The van der Waals surface area contributed by atoms with Crippen LogP contribution in [0.2, 0.25) is 0 Å². The summed E-state index contributed by atoms with van der Waals surface area (Å²) in [4.78, 5) is 118. The molecule has 21 rings (SSSR count). The van der Waals surface area contributed by atoms with Crippen molar-refractivity contribution >= 4 is 58.6 Å². The molecule has 0 radical (unpaired) electrons. The first-order valence-electron chi connectivity index (χ1n) is 48.7. The van der Waals surface area contributed by atoms with Crippen LogP contribution in [0.4, 0.5) is 46.7 Å². The molecule has 10 aromatic carbocycles. The number of hydrogen-bond acceptors (Lipinski definition) is 18. The van der Waals surface area contributed by atoms with Crippen LogP contribution in [-0.2, 0) is 62.6 Å². The van der Waals surface area contributed by atoms with Gasteiger partial charge in [-0.25, -0.2) is 72.1 Å². The fourth-order valence-electron chi connectivity index (χ4n) is 19.0. The Morgan fingerprint density at radius 2 is 0.586 bits per heavy atom. The van der Waals surface area contributed by atoms with Crippen LogP contribution >= 0.6 is 0 Å². The first kappa shape index (κ1) is 100. The zero-order chi connectivity index (χ0) is 102.